The Morgan fingerprint density at radius 3 is 1.33 bits per heavy atom. The monoisotopic (exact) mass is 393 g/mol. The van der Waals surface area contributed by atoms with Gasteiger partial charge in [-0.25, -0.2) is 0 Å². The molecule has 2 aromatic carbocycles. The molecule has 11 heteroatoms. The smallest absolute Gasteiger partial charge is 0.526 e. The van der Waals surface area contributed by atoms with Crippen LogP contribution in [0.1, 0.15) is 11.1 Å². The molecule has 0 unspecified atom stereocenters. The molecule has 0 N–H and O–H groups in total. The minimum Gasteiger partial charge on any atom is -0.526 e. The molecule has 0 amide bonds. The topological polar surface area (TPSA) is 36.9 Å². The van der Waals surface area contributed by atoms with E-state index in [-0.39, 0.29) is 11.5 Å². The SMILES string of the molecule is Cc1cc(OC(F)(F)F)ccc1O[B]Oc1ccc(OC(F)(F)F)cc1C. The predicted molar refractivity (Wildman–Crippen MR) is 82.7 cm³/mol. The Hall–Kier alpha value is -2.72. The molecule has 0 aliphatic rings. The van der Waals surface area contributed by atoms with Crippen molar-refractivity contribution in [2.24, 2.45) is 0 Å². The molecule has 145 valence electrons. The van der Waals surface area contributed by atoms with E-state index >= 15 is 0 Å². The van der Waals surface area contributed by atoms with E-state index in [9.17, 15) is 26.3 Å². The maximum absolute atomic E-state index is 12.2. The van der Waals surface area contributed by atoms with E-state index in [1.807, 2.05) is 0 Å². The van der Waals surface area contributed by atoms with Gasteiger partial charge in [-0.05, 0) is 61.4 Å². The minimum absolute atomic E-state index is 0.208. The molecule has 0 saturated carbocycles. The van der Waals surface area contributed by atoms with Crippen LogP contribution in [0.5, 0.6) is 23.0 Å². The zero-order valence-corrected chi connectivity index (χ0v) is 13.9. The number of ether oxygens (including phenoxy) is 2. The summed E-state index contributed by atoms with van der Waals surface area (Å²) in [6, 6.07) is 6.90. The van der Waals surface area contributed by atoms with Crippen LogP contribution in [0.4, 0.5) is 26.3 Å². The summed E-state index contributed by atoms with van der Waals surface area (Å²) in [6.45, 7) is 3.00. The third-order valence-corrected chi connectivity index (χ3v) is 3.11. The summed E-state index contributed by atoms with van der Waals surface area (Å²) in [6.07, 6.45) is -9.60. The van der Waals surface area contributed by atoms with Gasteiger partial charge in [-0.2, -0.15) is 0 Å². The Balaban J connectivity index is 1.94. The highest BCUT2D eigenvalue weighted by Crippen LogP contribution is 2.29. The molecule has 0 spiro atoms. The number of hydrogen-bond acceptors (Lipinski definition) is 4. The molecule has 2 aromatic rings. The number of hydrogen-bond donors (Lipinski definition) is 0. The van der Waals surface area contributed by atoms with Crippen molar-refractivity contribution < 1.29 is 45.1 Å². The van der Waals surface area contributed by atoms with Gasteiger partial charge >= 0.3 is 20.4 Å². The van der Waals surface area contributed by atoms with Crippen molar-refractivity contribution in [2.75, 3.05) is 0 Å². The van der Waals surface area contributed by atoms with Crippen LogP contribution >= 0.6 is 0 Å². The molecule has 1 radical (unpaired) electrons. The van der Waals surface area contributed by atoms with Crippen LogP contribution in [0, 0.1) is 13.8 Å². The van der Waals surface area contributed by atoms with Crippen molar-refractivity contribution >= 4 is 7.69 Å². The standard InChI is InChI=1S/C16H12BF6O4/c1-9-7-11(24-15(18,19)20)3-5-13(9)26-17-27-14-6-4-12(8-10(14)2)25-16(21,22)23/h3-8H,1-2H3. The van der Waals surface area contributed by atoms with Crippen LogP contribution in [0.25, 0.3) is 0 Å². The highest BCUT2D eigenvalue weighted by Gasteiger charge is 2.32. The molecule has 0 atom stereocenters. The summed E-state index contributed by atoms with van der Waals surface area (Å²) >= 11 is 0. The average molecular weight is 393 g/mol. The van der Waals surface area contributed by atoms with E-state index in [0.717, 1.165) is 32.0 Å². The lowest BCUT2D eigenvalue weighted by atomic mass is 10.2. The Kier molecular flexibility index (Phi) is 6.02. The molecule has 27 heavy (non-hydrogen) atoms. The van der Waals surface area contributed by atoms with Gasteiger partial charge in [0.2, 0.25) is 0 Å². The molecule has 0 fully saturated rings. The first-order valence-electron chi connectivity index (χ1n) is 7.31. The van der Waals surface area contributed by atoms with Crippen LogP contribution in [0.3, 0.4) is 0 Å². The summed E-state index contributed by atoms with van der Waals surface area (Å²) in [5.41, 5.74) is 0.699. The normalized spacial score (nSPS) is 11.7. The number of rotatable bonds is 6. The van der Waals surface area contributed by atoms with E-state index < -0.39 is 24.2 Å². The van der Waals surface area contributed by atoms with Gasteiger partial charge in [0, 0.05) is 0 Å². The third kappa shape index (κ3) is 6.84. The molecule has 4 nitrogen and oxygen atoms in total. The summed E-state index contributed by atoms with van der Waals surface area (Å²) < 4.78 is 91.0. The molecule has 2 rings (SSSR count). The minimum atomic E-state index is -4.80. The summed E-state index contributed by atoms with van der Waals surface area (Å²) in [4.78, 5) is 0. The molecule has 0 bridgehead atoms. The molecule has 0 saturated heterocycles. The first-order valence-corrected chi connectivity index (χ1v) is 7.31. The Morgan fingerprint density at radius 1 is 0.667 bits per heavy atom. The lowest BCUT2D eigenvalue weighted by Gasteiger charge is -2.14. The maximum Gasteiger partial charge on any atom is 0.658 e. The summed E-state index contributed by atoms with van der Waals surface area (Å²) in [5.74, 6) is -0.382. The first-order chi connectivity index (χ1) is 12.4. The maximum atomic E-state index is 12.2. The summed E-state index contributed by atoms with van der Waals surface area (Å²) in [5, 5.41) is 0. The second kappa shape index (κ2) is 7.89. The van der Waals surface area contributed by atoms with Crippen LogP contribution in [-0.2, 0) is 0 Å². The first kappa shape index (κ1) is 20.6. The molecule has 0 heterocycles. The zero-order valence-electron chi connectivity index (χ0n) is 13.9. The van der Waals surface area contributed by atoms with Gasteiger partial charge in [-0.15, -0.1) is 26.3 Å². The van der Waals surface area contributed by atoms with Crippen molar-refractivity contribution in [2.45, 2.75) is 26.6 Å². The van der Waals surface area contributed by atoms with Gasteiger partial charge in [0.25, 0.3) is 0 Å². The molecule has 0 aliphatic carbocycles. The van der Waals surface area contributed by atoms with Gasteiger partial charge < -0.3 is 18.8 Å². The number of halogens is 6. The van der Waals surface area contributed by atoms with Crippen molar-refractivity contribution in [3.05, 3.63) is 47.5 Å². The average Bonchev–Trinajstić information content (AvgIpc) is 2.48. The number of aryl methyl sites for hydroxylation is 2. The Morgan fingerprint density at radius 2 is 1.04 bits per heavy atom. The molecular formula is C16H12BF6O4. The van der Waals surface area contributed by atoms with E-state index in [1.54, 1.807) is 0 Å². The quantitative estimate of drug-likeness (QED) is 0.506. The predicted octanol–water partition coefficient (Wildman–Crippen LogP) is 5.09. The van der Waals surface area contributed by atoms with Gasteiger partial charge in [-0.3, -0.25) is 0 Å². The van der Waals surface area contributed by atoms with Crippen molar-refractivity contribution in [1.82, 2.24) is 0 Å². The third-order valence-electron chi connectivity index (χ3n) is 3.11. The second-order valence-corrected chi connectivity index (χ2v) is 5.28. The number of benzene rings is 2. The van der Waals surface area contributed by atoms with Crippen LogP contribution in [0.2, 0.25) is 0 Å². The lowest BCUT2D eigenvalue weighted by molar-refractivity contribution is -0.275. The zero-order chi connectivity index (χ0) is 20.2. The van der Waals surface area contributed by atoms with E-state index in [0.29, 0.717) is 11.1 Å². The fourth-order valence-corrected chi connectivity index (χ4v) is 2.03. The van der Waals surface area contributed by atoms with E-state index in [1.165, 1.54) is 26.0 Å². The second-order valence-electron chi connectivity index (χ2n) is 5.28. The van der Waals surface area contributed by atoms with Crippen molar-refractivity contribution in [3.63, 3.8) is 0 Å². The van der Waals surface area contributed by atoms with Crippen LogP contribution in [-0.4, -0.2) is 20.4 Å². The Labute approximate surface area is 150 Å². The van der Waals surface area contributed by atoms with Crippen LogP contribution in [0.15, 0.2) is 36.4 Å². The molecular weight excluding hydrogens is 381 g/mol. The fourth-order valence-electron chi connectivity index (χ4n) is 2.03. The largest absolute Gasteiger partial charge is 0.658 e. The van der Waals surface area contributed by atoms with Crippen molar-refractivity contribution in [3.8, 4) is 23.0 Å². The van der Waals surface area contributed by atoms with Crippen LogP contribution < -0.4 is 18.8 Å². The fraction of sp³-hybridized carbons (Fsp3) is 0.250. The number of alkyl halides is 6. The lowest BCUT2D eigenvalue weighted by Crippen LogP contribution is -2.17. The van der Waals surface area contributed by atoms with Crippen molar-refractivity contribution in [1.29, 1.82) is 0 Å². The molecule has 0 aromatic heterocycles. The molecule has 0 aliphatic heterocycles. The van der Waals surface area contributed by atoms with E-state index in [2.05, 4.69) is 9.47 Å². The van der Waals surface area contributed by atoms with Gasteiger partial charge in [0.1, 0.15) is 23.0 Å². The van der Waals surface area contributed by atoms with E-state index in [4.69, 9.17) is 9.31 Å². The highest BCUT2D eigenvalue weighted by molar-refractivity contribution is 6.20. The van der Waals surface area contributed by atoms with Gasteiger partial charge in [-0.1, -0.05) is 0 Å². The Bertz CT molecular complexity index is 726. The highest BCUT2D eigenvalue weighted by atomic mass is 19.4. The summed E-state index contributed by atoms with van der Waals surface area (Å²) in [7, 11) is 0.902. The van der Waals surface area contributed by atoms with Gasteiger partial charge in [0.15, 0.2) is 0 Å². The van der Waals surface area contributed by atoms with Gasteiger partial charge in [0.05, 0.1) is 0 Å².